The zero-order chi connectivity index (χ0) is 31.2. The highest BCUT2D eigenvalue weighted by molar-refractivity contribution is 6.32. The maximum atomic E-state index is 13.4. The normalized spacial score (nSPS) is 16.6. The van der Waals surface area contributed by atoms with Gasteiger partial charge in [-0.25, -0.2) is 9.48 Å². The molecule has 3 heterocycles. The van der Waals surface area contributed by atoms with Crippen LogP contribution in [0.25, 0.3) is 11.3 Å². The first-order valence-corrected chi connectivity index (χ1v) is 15.1. The van der Waals surface area contributed by atoms with Gasteiger partial charge in [-0.05, 0) is 48.2 Å². The fraction of sp³-hybridized carbons (Fsp3) is 0.333. The average molecular weight is 614 g/mol. The van der Waals surface area contributed by atoms with Gasteiger partial charge in [0.15, 0.2) is 5.65 Å². The monoisotopic (exact) mass is 613 g/mol. The third kappa shape index (κ3) is 5.81. The first kappa shape index (κ1) is 29.5. The van der Waals surface area contributed by atoms with Crippen molar-refractivity contribution in [2.24, 2.45) is 0 Å². The van der Waals surface area contributed by atoms with E-state index < -0.39 is 0 Å². The second-order valence-corrected chi connectivity index (χ2v) is 12.9. The number of pyridine rings is 1. The average Bonchev–Trinajstić information content (AvgIpc) is 3.60. The van der Waals surface area contributed by atoms with Gasteiger partial charge in [0.25, 0.3) is 0 Å². The second-order valence-electron chi connectivity index (χ2n) is 12.5. The lowest BCUT2D eigenvalue weighted by Crippen LogP contribution is -2.36. The van der Waals surface area contributed by atoms with Crippen molar-refractivity contribution in [1.29, 1.82) is 0 Å². The lowest BCUT2D eigenvalue weighted by molar-refractivity contribution is 0.171. The molecule has 0 spiro atoms. The predicted octanol–water partition coefficient (Wildman–Crippen LogP) is 7.47. The number of aromatic hydroxyl groups is 1. The van der Waals surface area contributed by atoms with E-state index in [0.717, 1.165) is 40.5 Å². The van der Waals surface area contributed by atoms with Gasteiger partial charge in [0, 0.05) is 23.5 Å². The third-order valence-corrected chi connectivity index (χ3v) is 8.15. The van der Waals surface area contributed by atoms with E-state index in [-0.39, 0.29) is 40.3 Å². The summed E-state index contributed by atoms with van der Waals surface area (Å²) in [5.74, 6) is 2.26. The van der Waals surface area contributed by atoms with Gasteiger partial charge < -0.3 is 15.2 Å². The predicted molar refractivity (Wildman–Crippen MR) is 170 cm³/mol. The van der Waals surface area contributed by atoms with Crippen molar-refractivity contribution in [3.05, 3.63) is 94.5 Å². The van der Waals surface area contributed by atoms with E-state index >= 15 is 0 Å². The van der Waals surface area contributed by atoms with Crippen molar-refractivity contribution < 1.29 is 14.6 Å². The Labute approximate surface area is 261 Å². The Balaban J connectivity index is 1.22. The van der Waals surface area contributed by atoms with E-state index in [1.165, 1.54) is 6.07 Å². The molecule has 0 bridgehead atoms. The zero-order valence-electron chi connectivity index (χ0n) is 25.4. The largest absolute Gasteiger partial charge is 0.506 e. The minimum Gasteiger partial charge on any atom is -0.506 e. The number of phenols is 1. The van der Waals surface area contributed by atoms with Crippen LogP contribution in [0.4, 0.5) is 10.6 Å². The highest BCUT2D eigenvalue weighted by Gasteiger charge is 2.30. The van der Waals surface area contributed by atoms with Crippen LogP contribution in [0, 0.1) is 0 Å². The van der Waals surface area contributed by atoms with Gasteiger partial charge in [-0.2, -0.15) is 5.10 Å². The van der Waals surface area contributed by atoms with Crippen molar-refractivity contribution >= 4 is 29.1 Å². The number of phenolic OH excluding ortho intramolecular Hbond substituents is 1. The number of nitrogens with one attached hydrogen (secondary N) is 2. The van der Waals surface area contributed by atoms with Crippen molar-refractivity contribution in [1.82, 2.24) is 29.7 Å². The Morgan fingerprint density at radius 2 is 1.82 bits per heavy atom. The molecular formula is C33H36ClN7O3. The summed E-state index contributed by atoms with van der Waals surface area (Å²) in [5, 5.41) is 29.9. The molecule has 1 aliphatic rings. The van der Waals surface area contributed by atoms with Crippen LogP contribution in [0.3, 0.4) is 0 Å². The molecule has 6 rings (SSSR count). The Morgan fingerprint density at radius 1 is 1.05 bits per heavy atom. The number of anilines is 1. The van der Waals surface area contributed by atoms with Crippen LogP contribution < -0.4 is 15.4 Å². The van der Waals surface area contributed by atoms with Crippen LogP contribution in [-0.2, 0) is 5.41 Å². The van der Waals surface area contributed by atoms with E-state index in [0.29, 0.717) is 17.9 Å². The summed E-state index contributed by atoms with van der Waals surface area (Å²) in [6, 6.07) is 18.0. The smallest absolute Gasteiger partial charge is 0.320 e. The molecule has 0 saturated carbocycles. The number of ether oxygens (including phenoxy) is 1. The van der Waals surface area contributed by atoms with Gasteiger partial charge in [-0.15, -0.1) is 10.2 Å². The number of hydrogen-bond acceptors (Lipinski definition) is 6. The third-order valence-electron chi connectivity index (χ3n) is 7.83. The molecule has 0 unspecified atom stereocenters. The lowest BCUT2D eigenvalue weighted by Gasteiger charge is -2.32. The summed E-state index contributed by atoms with van der Waals surface area (Å²) in [4.78, 5) is 13.4. The molecule has 1 aliphatic carbocycles. The minimum atomic E-state index is -0.358. The van der Waals surface area contributed by atoms with Crippen LogP contribution in [0.15, 0.2) is 66.9 Å². The van der Waals surface area contributed by atoms with E-state index in [2.05, 4.69) is 40.7 Å². The van der Waals surface area contributed by atoms with E-state index in [1.807, 2.05) is 67.8 Å². The van der Waals surface area contributed by atoms with Gasteiger partial charge >= 0.3 is 6.03 Å². The first-order chi connectivity index (χ1) is 21.0. The van der Waals surface area contributed by atoms with Crippen LogP contribution in [-0.4, -0.2) is 35.5 Å². The molecule has 0 saturated heterocycles. The van der Waals surface area contributed by atoms with Crippen LogP contribution in [0.5, 0.6) is 11.5 Å². The molecule has 0 radical (unpaired) electrons. The summed E-state index contributed by atoms with van der Waals surface area (Å²) in [7, 11) is 0. The molecule has 11 heteroatoms. The molecule has 5 aromatic rings. The first-order valence-electron chi connectivity index (χ1n) is 14.7. The zero-order valence-corrected chi connectivity index (χ0v) is 26.1. The molecule has 10 nitrogen and oxygen atoms in total. The van der Waals surface area contributed by atoms with Gasteiger partial charge in [0.2, 0.25) is 0 Å². The summed E-state index contributed by atoms with van der Waals surface area (Å²) in [6.07, 6.45) is 3.19. The van der Waals surface area contributed by atoms with E-state index in [4.69, 9.17) is 21.4 Å². The van der Waals surface area contributed by atoms with Gasteiger partial charge in [0.05, 0.1) is 28.6 Å². The number of rotatable bonds is 6. The highest BCUT2D eigenvalue weighted by Crippen LogP contribution is 2.39. The van der Waals surface area contributed by atoms with Crippen molar-refractivity contribution in [2.75, 3.05) is 5.32 Å². The standard InChI is InChI=1S/C33H36ClN7O3/c1-19(2)31-38-37-29-15-11-21(18-40(29)31)44-27-14-13-25(22-8-6-7-9-23(22)27)35-32(43)36-30-17-28(33(3,4)5)39-41(30)20-10-12-24(34)26(42)16-20/h6-12,15-19,25,27,42H,13-14H2,1-5H3,(H2,35,36,43)/t25-,27+/m0/s1. The van der Waals surface area contributed by atoms with Crippen molar-refractivity contribution in [3.63, 3.8) is 0 Å². The maximum absolute atomic E-state index is 13.4. The molecule has 3 aromatic heterocycles. The summed E-state index contributed by atoms with van der Waals surface area (Å²) >= 11 is 6.04. The molecule has 0 fully saturated rings. The Kier molecular flexibility index (Phi) is 7.71. The van der Waals surface area contributed by atoms with Crippen molar-refractivity contribution in [3.8, 4) is 17.2 Å². The maximum Gasteiger partial charge on any atom is 0.320 e. The minimum absolute atomic E-state index is 0.0649. The van der Waals surface area contributed by atoms with Crippen molar-refractivity contribution in [2.45, 2.75) is 70.9 Å². The number of amides is 2. The quantitative estimate of drug-likeness (QED) is 0.183. The van der Waals surface area contributed by atoms with Gasteiger partial charge in [-0.3, -0.25) is 9.72 Å². The number of carbonyl (C=O) groups is 1. The van der Waals surface area contributed by atoms with Crippen LogP contribution in [0.1, 0.15) is 88.2 Å². The Bertz CT molecular complexity index is 1840. The second kappa shape index (κ2) is 11.5. The van der Waals surface area contributed by atoms with E-state index in [1.54, 1.807) is 16.8 Å². The molecule has 2 aromatic carbocycles. The fourth-order valence-corrected chi connectivity index (χ4v) is 5.63. The number of halogens is 1. The molecule has 3 N–H and O–H groups in total. The van der Waals surface area contributed by atoms with Crippen LogP contribution in [0.2, 0.25) is 5.02 Å². The van der Waals surface area contributed by atoms with Gasteiger partial charge in [0.1, 0.15) is 29.2 Å². The summed E-state index contributed by atoms with van der Waals surface area (Å²) in [5.41, 5.74) is 3.93. The number of nitrogens with zero attached hydrogens (tertiary/aromatic N) is 5. The number of urea groups is 1. The van der Waals surface area contributed by atoms with Crippen LogP contribution >= 0.6 is 11.6 Å². The summed E-state index contributed by atoms with van der Waals surface area (Å²) < 4.78 is 10.1. The summed E-state index contributed by atoms with van der Waals surface area (Å²) in [6.45, 7) is 10.3. The molecule has 2 atom stereocenters. The Hall–Kier alpha value is -4.57. The fourth-order valence-electron chi connectivity index (χ4n) is 5.52. The van der Waals surface area contributed by atoms with Gasteiger partial charge in [-0.1, -0.05) is 70.5 Å². The molecule has 228 valence electrons. The molecule has 44 heavy (non-hydrogen) atoms. The topological polar surface area (TPSA) is 119 Å². The van der Waals surface area contributed by atoms with E-state index in [9.17, 15) is 9.90 Å². The number of aromatic nitrogens is 5. The number of fused-ring (bicyclic) bond motifs is 2. The molecule has 0 aliphatic heterocycles. The number of carbonyl (C=O) groups excluding carboxylic acids is 1. The molecular weight excluding hydrogens is 578 g/mol. The number of hydrogen-bond donors (Lipinski definition) is 3. The number of benzene rings is 2. The lowest BCUT2D eigenvalue weighted by atomic mass is 9.85. The molecule has 2 amide bonds. The highest BCUT2D eigenvalue weighted by atomic mass is 35.5. The SMILES string of the molecule is CC(C)c1nnc2ccc(O[C@@H]3CC[C@H](NC(=O)Nc4cc(C(C)(C)C)nn4-c4ccc(Cl)c(O)c4)c4ccccc43)cn12. The Morgan fingerprint density at radius 3 is 2.55 bits per heavy atom.